The molecule has 210 valence electrons. The van der Waals surface area contributed by atoms with E-state index in [-0.39, 0.29) is 5.41 Å². The minimum atomic E-state index is -0.139. The lowest BCUT2D eigenvalue weighted by atomic mass is 9.73. The molecule has 7 rings (SSSR count). The average molecular weight is 557 g/mol. The van der Waals surface area contributed by atoms with Crippen LogP contribution in [0.25, 0.3) is 11.1 Å². The summed E-state index contributed by atoms with van der Waals surface area (Å²) in [5, 5.41) is 0. The van der Waals surface area contributed by atoms with Crippen LogP contribution in [0.3, 0.4) is 0 Å². The Balaban J connectivity index is 1.32. The molecule has 0 bridgehead atoms. The first-order valence-corrected chi connectivity index (χ1v) is 15.0. The third kappa shape index (κ3) is 4.60. The van der Waals surface area contributed by atoms with Crippen molar-refractivity contribution in [1.82, 2.24) is 0 Å². The molecule has 1 heterocycles. The maximum Gasteiger partial charge on any atom is 0.0503 e. The molecule has 1 aliphatic heterocycles. The fourth-order valence-electron chi connectivity index (χ4n) is 6.58. The molecule has 43 heavy (non-hydrogen) atoms. The molecule has 6 aromatic carbocycles. The predicted molar refractivity (Wildman–Crippen MR) is 183 cm³/mol. The fraction of sp³-hybridized carbons (Fsp3) is 0.122. The summed E-state index contributed by atoms with van der Waals surface area (Å²) in [5.74, 6) is 0. The Kier molecular flexibility index (Phi) is 6.63. The zero-order valence-electron chi connectivity index (χ0n) is 25.3. The standard InChI is InChI=1S/C41H36N2/c1-29-14-8-11-19-37(29)42(38-20-12-9-15-30(38)2)34-25-22-31(23-26-34)32-24-27-40-36(28-32)41(3,4)35-18-10-13-21-39(35)43(40)33-16-6-5-7-17-33/h5-28H,1-4H3. The summed E-state index contributed by atoms with van der Waals surface area (Å²) in [6.07, 6.45) is 0. The van der Waals surface area contributed by atoms with Gasteiger partial charge in [0, 0.05) is 28.2 Å². The van der Waals surface area contributed by atoms with Gasteiger partial charge in [-0.05, 0) is 102 Å². The molecule has 6 aromatic rings. The maximum absolute atomic E-state index is 2.41. The van der Waals surface area contributed by atoms with Gasteiger partial charge in [0.2, 0.25) is 0 Å². The zero-order valence-corrected chi connectivity index (χ0v) is 25.3. The SMILES string of the molecule is Cc1ccccc1N(c1ccc(-c2ccc3c(c2)C(C)(C)c2ccccc2N3c2ccccc2)cc1)c1ccccc1C. The Morgan fingerprint density at radius 1 is 0.488 bits per heavy atom. The normalized spacial score (nSPS) is 13.3. The number of hydrogen-bond acceptors (Lipinski definition) is 2. The first-order valence-electron chi connectivity index (χ1n) is 15.0. The van der Waals surface area contributed by atoms with Crippen molar-refractivity contribution < 1.29 is 0 Å². The second kappa shape index (κ2) is 10.6. The van der Waals surface area contributed by atoms with Crippen molar-refractivity contribution in [3.63, 3.8) is 0 Å². The highest BCUT2D eigenvalue weighted by Crippen LogP contribution is 2.52. The average Bonchev–Trinajstić information content (AvgIpc) is 3.04. The summed E-state index contributed by atoms with van der Waals surface area (Å²) < 4.78 is 0. The highest BCUT2D eigenvalue weighted by atomic mass is 15.2. The van der Waals surface area contributed by atoms with Gasteiger partial charge in [-0.2, -0.15) is 0 Å². The molecule has 0 radical (unpaired) electrons. The van der Waals surface area contributed by atoms with E-state index in [2.05, 4.69) is 183 Å². The van der Waals surface area contributed by atoms with Crippen molar-refractivity contribution in [3.8, 4) is 11.1 Å². The number of para-hydroxylation sites is 4. The lowest BCUT2D eigenvalue weighted by Crippen LogP contribution is -2.30. The van der Waals surface area contributed by atoms with E-state index < -0.39 is 0 Å². The molecule has 0 amide bonds. The lowest BCUT2D eigenvalue weighted by molar-refractivity contribution is 0.632. The first kappa shape index (κ1) is 26.8. The van der Waals surface area contributed by atoms with Gasteiger partial charge >= 0.3 is 0 Å². The van der Waals surface area contributed by atoms with Crippen LogP contribution in [0.2, 0.25) is 0 Å². The van der Waals surface area contributed by atoms with Crippen LogP contribution < -0.4 is 9.80 Å². The second-order valence-corrected chi connectivity index (χ2v) is 12.0. The second-order valence-electron chi connectivity index (χ2n) is 12.0. The molecule has 2 nitrogen and oxygen atoms in total. The molecule has 1 aliphatic rings. The molecule has 0 aromatic heterocycles. The molecule has 0 fully saturated rings. The molecule has 0 N–H and O–H groups in total. The minimum absolute atomic E-state index is 0.139. The van der Waals surface area contributed by atoms with E-state index in [0.717, 1.165) is 5.69 Å². The smallest absolute Gasteiger partial charge is 0.0503 e. The van der Waals surface area contributed by atoms with Crippen molar-refractivity contribution in [3.05, 3.63) is 168 Å². The molecular weight excluding hydrogens is 520 g/mol. The summed E-state index contributed by atoms with van der Waals surface area (Å²) in [7, 11) is 0. The van der Waals surface area contributed by atoms with Crippen LogP contribution >= 0.6 is 0 Å². The summed E-state index contributed by atoms with van der Waals surface area (Å²) in [5.41, 5.74) is 14.7. The van der Waals surface area contributed by atoms with E-state index in [1.807, 2.05) is 0 Å². The Hall–Kier alpha value is -5.08. The van der Waals surface area contributed by atoms with Crippen LogP contribution in [0.4, 0.5) is 34.1 Å². The van der Waals surface area contributed by atoms with Crippen LogP contribution in [0.1, 0.15) is 36.1 Å². The van der Waals surface area contributed by atoms with E-state index in [4.69, 9.17) is 0 Å². The Morgan fingerprint density at radius 2 is 1.02 bits per heavy atom. The van der Waals surface area contributed by atoms with Gasteiger partial charge in [-0.25, -0.2) is 0 Å². The van der Waals surface area contributed by atoms with Gasteiger partial charge in [0.25, 0.3) is 0 Å². The van der Waals surface area contributed by atoms with Gasteiger partial charge in [-0.15, -0.1) is 0 Å². The quantitative estimate of drug-likeness (QED) is 0.208. The first-order chi connectivity index (χ1) is 20.9. The zero-order chi connectivity index (χ0) is 29.6. The number of anilines is 6. The van der Waals surface area contributed by atoms with Crippen LogP contribution in [0, 0.1) is 13.8 Å². The van der Waals surface area contributed by atoms with Crippen LogP contribution in [-0.4, -0.2) is 0 Å². The number of hydrogen-bond donors (Lipinski definition) is 0. The Morgan fingerprint density at radius 3 is 1.67 bits per heavy atom. The van der Waals surface area contributed by atoms with Gasteiger partial charge in [0.05, 0.1) is 11.4 Å². The summed E-state index contributed by atoms with van der Waals surface area (Å²) >= 11 is 0. The maximum atomic E-state index is 2.41. The predicted octanol–water partition coefficient (Wildman–Crippen LogP) is 11.5. The van der Waals surface area contributed by atoms with Gasteiger partial charge in [0.15, 0.2) is 0 Å². The van der Waals surface area contributed by atoms with Crippen LogP contribution in [-0.2, 0) is 5.41 Å². The van der Waals surface area contributed by atoms with Gasteiger partial charge < -0.3 is 9.80 Å². The van der Waals surface area contributed by atoms with Crippen molar-refractivity contribution in [2.75, 3.05) is 9.80 Å². The van der Waals surface area contributed by atoms with Crippen LogP contribution in [0.15, 0.2) is 146 Å². The highest BCUT2D eigenvalue weighted by molar-refractivity contribution is 5.88. The largest absolute Gasteiger partial charge is 0.310 e. The Bertz CT molecular complexity index is 1870. The van der Waals surface area contributed by atoms with E-state index in [9.17, 15) is 0 Å². The molecule has 0 spiro atoms. The third-order valence-corrected chi connectivity index (χ3v) is 8.92. The lowest BCUT2D eigenvalue weighted by Gasteiger charge is -2.42. The van der Waals surface area contributed by atoms with E-state index in [1.54, 1.807) is 0 Å². The topological polar surface area (TPSA) is 6.48 Å². The number of benzene rings is 6. The minimum Gasteiger partial charge on any atom is -0.310 e. The molecule has 0 aliphatic carbocycles. The van der Waals surface area contributed by atoms with Crippen molar-refractivity contribution in [1.29, 1.82) is 0 Å². The van der Waals surface area contributed by atoms with Crippen LogP contribution in [0.5, 0.6) is 0 Å². The molecule has 0 unspecified atom stereocenters. The summed E-state index contributed by atoms with van der Waals surface area (Å²) in [6, 6.07) is 52.8. The molecule has 0 saturated carbocycles. The van der Waals surface area contributed by atoms with Gasteiger partial charge in [0.1, 0.15) is 0 Å². The van der Waals surface area contributed by atoms with Gasteiger partial charge in [-0.3, -0.25) is 0 Å². The van der Waals surface area contributed by atoms with Gasteiger partial charge in [-0.1, -0.05) is 105 Å². The molecular formula is C41H36N2. The molecule has 0 saturated heterocycles. The van der Waals surface area contributed by atoms with E-state index >= 15 is 0 Å². The summed E-state index contributed by atoms with van der Waals surface area (Å²) in [4.78, 5) is 4.78. The number of aryl methyl sites for hydroxylation is 2. The molecule has 2 heteroatoms. The third-order valence-electron chi connectivity index (χ3n) is 8.92. The monoisotopic (exact) mass is 556 g/mol. The number of fused-ring (bicyclic) bond motifs is 2. The number of nitrogens with zero attached hydrogens (tertiary/aromatic N) is 2. The Labute approximate surface area is 255 Å². The number of rotatable bonds is 5. The fourth-order valence-corrected chi connectivity index (χ4v) is 6.58. The highest BCUT2D eigenvalue weighted by Gasteiger charge is 2.36. The van der Waals surface area contributed by atoms with Crippen molar-refractivity contribution in [2.45, 2.75) is 33.1 Å². The van der Waals surface area contributed by atoms with Crippen molar-refractivity contribution >= 4 is 34.1 Å². The summed E-state index contributed by atoms with van der Waals surface area (Å²) in [6.45, 7) is 9.06. The van der Waals surface area contributed by atoms with E-state index in [1.165, 1.54) is 61.8 Å². The van der Waals surface area contributed by atoms with E-state index in [0.29, 0.717) is 0 Å². The van der Waals surface area contributed by atoms with Crippen molar-refractivity contribution in [2.24, 2.45) is 0 Å². The molecule has 0 atom stereocenters.